The first-order chi connectivity index (χ1) is 13.0. The van der Waals surface area contributed by atoms with Crippen LogP contribution in [-0.4, -0.2) is 56.3 Å². The molecule has 27 heavy (non-hydrogen) atoms. The van der Waals surface area contributed by atoms with Crippen LogP contribution in [0.25, 0.3) is 0 Å². The standard InChI is InChI=1S/C19H24ClN5O2/c1-24(2)18-16(13-21-19(23-18)25-8-10-27-11-9-25)22-17(26)7-6-14-4-3-5-15(20)12-14/h3-5,12-13H,6-11H2,1-2H3,(H,22,26). The summed E-state index contributed by atoms with van der Waals surface area (Å²) in [6.07, 6.45) is 2.65. The molecule has 0 unspecified atom stereocenters. The maximum Gasteiger partial charge on any atom is 0.227 e. The van der Waals surface area contributed by atoms with E-state index in [-0.39, 0.29) is 5.91 Å². The summed E-state index contributed by atoms with van der Waals surface area (Å²) in [4.78, 5) is 25.4. The van der Waals surface area contributed by atoms with E-state index in [1.54, 1.807) is 6.20 Å². The summed E-state index contributed by atoms with van der Waals surface area (Å²) in [7, 11) is 3.79. The van der Waals surface area contributed by atoms with Gasteiger partial charge in [0.25, 0.3) is 0 Å². The second-order valence-electron chi connectivity index (χ2n) is 6.58. The van der Waals surface area contributed by atoms with Gasteiger partial charge in [0, 0.05) is 38.6 Å². The third kappa shape index (κ3) is 5.30. The molecular weight excluding hydrogens is 366 g/mol. The smallest absolute Gasteiger partial charge is 0.227 e. The van der Waals surface area contributed by atoms with E-state index in [1.165, 1.54) is 0 Å². The molecule has 1 amide bonds. The number of halogens is 1. The molecule has 2 heterocycles. The van der Waals surface area contributed by atoms with Crippen molar-refractivity contribution in [2.24, 2.45) is 0 Å². The lowest BCUT2D eigenvalue weighted by molar-refractivity contribution is -0.116. The van der Waals surface area contributed by atoms with Crippen molar-refractivity contribution in [2.75, 3.05) is 55.5 Å². The maximum atomic E-state index is 12.4. The zero-order valence-corrected chi connectivity index (χ0v) is 16.4. The van der Waals surface area contributed by atoms with E-state index < -0.39 is 0 Å². The summed E-state index contributed by atoms with van der Waals surface area (Å²) in [6, 6.07) is 7.55. The van der Waals surface area contributed by atoms with Crippen molar-refractivity contribution in [3.63, 3.8) is 0 Å². The predicted octanol–water partition coefficient (Wildman–Crippen LogP) is 2.60. The summed E-state index contributed by atoms with van der Waals surface area (Å²) in [5.41, 5.74) is 1.64. The van der Waals surface area contributed by atoms with Gasteiger partial charge in [-0.15, -0.1) is 0 Å². The fourth-order valence-corrected chi connectivity index (χ4v) is 3.08. The van der Waals surface area contributed by atoms with E-state index in [2.05, 4.69) is 20.2 Å². The van der Waals surface area contributed by atoms with E-state index in [1.807, 2.05) is 43.3 Å². The summed E-state index contributed by atoms with van der Waals surface area (Å²) in [5.74, 6) is 1.25. The molecule has 1 N–H and O–H groups in total. The largest absolute Gasteiger partial charge is 0.378 e. The van der Waals surface area contributed by atoms with Gasteiger partial charge >= 0.3 is 0 Å². The number of hydrogen-bond acceptors (Lipinski definition) is 6. The highest BCUT2D eigenvalue weighted by Crippen LogP contribution is 2.24. The topological polar surface area (TPSA) is 70.6 Å². The molecule has 0 spiro atoms. The van der Waals surface area contributed by atoms with Gasteiger partial charge in [0.1, 0.15) is 5.69 Å². The number of amides is 1. The number of carbonyl (C=O) groups is 1. The fraction of sp³-hybridized carbons (Fsp3) is 0.421. The van der Waals surface area contributed by atoms with Gasteiger partial charge in [-0.2, -0.15) is 4.98 Å². The number of carbonyl (C=O) groups excluding carboxylic acids is 1. The first-order valence-corrected chi connectivity index (χ1v) is 9.32. The highest BCUT2D eigenvalue weighted by Gasteiger charge is 2.18. The highest BCUT2D eigenvalue weighted by molar-refractivity contribution is 6.30. The number of aromatic nitrogens is 2. The number of benzene rings is 1. The summed E-state index contributed by atoms with van der Waals surface area (Å²) >= 11 is 5.99. The zero-order valence-electron chi connectivity index (χ0n) is 15.6. The lowest BCUT2D eigenvalue weighted by Gasteiger charge is -2.28. The summed E-state index contributed by atoms with van der Waals surface area (Å²) in [5, 5.41) is 3.60. The number of aryl methyl sites for hydroxylation is 1. The number of ether oxygens (including phenoxy) is 1. The van der Waals surface area contributed by atoms with Gasteiger partial charge in [-0.05, 0) is 24.1 Å². The number of morpholine rings is 1. The van der Waals surface area contributed by atoms with Gasteiger partial charge in [0.15, 0.2) is 5.82 Å². The van der Waals surface area contributed by atoms with Crippen LogP contribution in [0.5, 0.6) is 0 Å². The maximum absolute atomic E-state index is 12.4. The Labute approximate surface area is 164 Å². The fourth-order valence-electron chi connectivity index (χ4n) is 2.87. The monoisotopic (exact) mass is 389 g/mol. The van der Waals surface area contributed by atoms with Gasteiger partial charge < -0.3 is 19.9 Å². The van der Waals surface area contributed by atoms with E-state index in [4.69, 9.17) is 16.3 Å². The van der Waals surface area contributed by atoms with Crippen LogP contribution in [0, 0.1) is 0 Å². The van der Waals surface area contributed by atoms with Crippen LogP contribution < -0.4 is 15.1 Å². The minimum Gasteiger partial charge on any atom is -0.378 e. The molecular formula is C19H24ClN5O2. The van der Waals surface area contributed by atoms with Crippen LogP contribution in [0.2, 0.25) is 5.02 Å². The lowest BCUT2D eigenvalue weighted by Crippen LogP contribution is -2.37. The van der Waals surface area contributed by atoms with Crippen LogP contribution in [0.4, 0.5) is 17.5 Å². The van der Waals surface area contributed by atoms with E-state index in [9.17, 15) is 4.79 Å². The number of nitrogens with one attached hydrogen (secondary N) is 1. The molecule has 0 bridgehead atoms. The molecule has 1 aliphatic rings. The molecule has 1 aromatic carbocycles. The molecule has 1 saturated heterocycles. The predicted molar refractivity (Wildman–Crippen MR) is 108 cm³/mol. The molecule has 0 atom stereocenters. The zero-order chi connectivity index (χ0) is 19.2. The van der Waals surface area contributed by atoms with Crippen molar-refractivity contribution >= 4 is 35.0 Å². The average molecular weight is 390 g/mol. The molecule has 0 aliphatic carbocycles. The van der Waals surface area contributed by atoms with Gasteiger partial charge in [-0.3, -0.25) is 4.79 Å². The van der Waals surface area contributed by atoms with Crippen LogP contribution in [0.3, 0.4) is 0 Å². The second kappa shape index (κ2) is 9.01. The van der Waals surface area contributed by atoms with Crippen LogP contribution in [0.15, 0.2) is 30.5 Å². The van der Waals surface area contributed by atoms with Crippen molar-refractivity contribution in [3.8, 4) is 0 Å². The quantitative estimate of drug-likeness (QED) is 0.818. The Morgan fingerprint density at radius 2 is 2.11 bits per heavy atom. The van der Waals surface area contributed by atoms with Crippen molar-refractivity contribution in [3.05, 3.63) is 41.0 Å². The number of anilines is 3. The Bertz CT molecular complexity index is 793. The van der Waals surface area contributed by atoms with Crippen LogP contribution in [0.1, 0.15) is 12.0 Å². The molecule has 0 saturated carbocycles. The van der Waals surface area contributed by atoms with Crippen LogP contribution in [-0.2, 0) is 16.0 Å². The Morgan fingerprint density at radius 1 is 1.33 bits per heavy atom. The van der Waals surface area contributed by atoms with Crippen molar-refractivity contribution in [2.45, 2.75) is 12.8 Å². The van der Waals surface area contributed by atoms with Gasteiger partial charge in [0.2, 0.25) is 11.9 Å². The molecule has 1 fully saturated rings. The Morgan fingerprint density at radius 3 is 2.81 bits per heavy atom. The highest BCUT2D eigenvalue weighted by atomic mass is 35.5. The SMILES string of the molecule is CN(C)c1nc(N2CCOCC2)ncc1NC(=O)CCc1cccc(Cl)c1. The first kappa shape index (κ1) is 19.4. The molecule has 8 heteroatoms. The molecule has 144 valence electrons. The Hall–Kier alpha value is -2.38. The van der Waals surface area contributed by atoms with Gasteiger partial charge in [-0.1, -0.05) is 23.7 Å². The second-order valence-corrected chi connectivity index (χ2v) is 7.02. The minimum atomic E-state index is -0.0826. The Balaban J connectivity index is 1.66. The van der Waals surface area contributed by atoms with E-state index in [0.29, 0.717) is 48.5 Å². The normalized spacial score (nSPS) is 14.1. The molecule has 7 nitrogen and oxygen atoms in total. The Kier molecular flexibility index (Phi) is 6.47. The van der Waals surface area contributed by atoms with Crippen molar-refractivity contribution in [1.29, 1.82) is 0 Å². The summed E-state index contributed by atoms with van der Waals surface area (Å²) in [6.45, 7) is 2.86. The molecule has 3 rings (SSSR count). The summed E-state index contributed by atoms with van der Waals surface area (Å²) < 4.78 is 5.37. The molecule has 2 aromatic rings. The molecule has 1 aliphatic heterocycles. The number of nitrogens with zero attached hydrogens (tertiary/aromatic N) is 4. The van der Waals surface area contributed by atoms with Crippen LogP contribution >= 0.6 is 11.6 Å². The van der Waals surface area contributed by atoms with E-state index >= 15 is 0 Å². The van der Waals surface area contributed by atoms with Gasteiger partial charge in [-0.25, -0.2) is 4.98 Å². The third-order valence-corrected chi connectivity index (χ3v) is 4.51. The number of hydrogen-bond donors (Lipinski definition) is 1. The van der Waals surface area contributed by atoms with E-state index in [0.717, 1.165) is 18.7 Å². The average Bonchev–Trinajstić information content (AvgIpc) is 2.67. The minimum absolute atomic E-state index is 0.0826. The lowest BCUT2D eigenvalue weighted by atomic mass is 10.1. The first-order valence-electron chi connectivity index (χ1n) is 8.94. The van der Waals surface area contributed by atoms with Crippen molar-refractivity contribution in [1.82, 2.24) is 9.97 Å². The third-order valence-electron chi connectivity index (χ3n) is 4.28. The van der Waals surface area contributed by atoms with Crippen molar-refractivity contribution < 1.29 is 9.53 Å². The molecule has 1 aromatic heterocycles. The van der Waals surface area contributed by atoms with Gasteiger partial charge in [0.05, 0.1) is 19.4 Å². The number of rotatable bonds is 6. The molecule has 0 radical (unpaired) electrons.